The molecule has 2 heterocycles. The largest absolute Gasteiger partial charge is 0.382 e. The van der Waals surface area contributed by atoms with Gasteiger partial charge in [-0.05, 0) is 11.8 Å². The number of fused-ring (bicyclic) bond motifs is 1. The molecule has 0 fully saturated rings. The van der Waals surface area contributed by atoms with Crippen LogP contribution in [0, 0.1) is 11.3 Å². The van der Waals surface area contributed by atoms with Crippen LogP contribution >= 0.6 is 11.8 Å². The number of hydrogen-bond acceptors (Lipinski definition) is 5. The van der Waals surface area contributed by atoms with Crippen molar-refractivity contribution >= 4 is 23.2 Å². The second-order valence-electron chi connectivity index (χ2n) is 4.15. The van der Waals surface area contributed by atoms with Gasteiger partial charge in [-0.2, -0.15) is 14.9 Å². The summed E-state index contributed by atoms with van der Waals surface area (Å²) in [5, 5.41) is 14.1. The molecule has 2 N–H and O–H groups in total. The third-order valence-corrected chi connectivity index (χ3v) is 3.72. The Balaban J connectivity index is 2.34. The van der Waals surface area contributed by atoms with E-state index in [1.165, 1.54) is 16.3 Å². The van der Waals surface area contributed by atoms with Crippen molar-refractivity contribution in [2.45, 2.75) is 5.03 Å². The number of thioether (sulfide) groups is 1. The van der Waals surface area contributed by atoms with Crippen LogP contribution in [0.15, 0.2) is 41.6 Å². The SMILES string of the molecule is CSc1nc2c(-c3ccccc3)cnn2c(N)c1C#N. The molecule has 5 nitrogen and oxygen atoms in total. The zero-order valence-electron chi connectivity index (χ0n) is 10.7. The molecule has 0 spiro atoms. The molecule has 0 bridgehead atoms. The van der Waals surface area contributed by atoms with Gasteiger partial charge in [-0.3, -0.25) is 0 Å². The minimum absolute atomic E-state index is 0.323. The summed E-state index contributed by atoms with van der Waals surface area (Å²) < 4.78 is 1.51. The van der Waals surface area contributed by atoms with E-state index in [1.807, 2.05) is 36.6 Å². The number of nitrogen functional groups attached to an aromatic ring is 1. The maximum Gasteiger partial charge on any atom is 0.166 e. The predicted octanol–water partition coefficient (Wildman–Crippen LogP) is 2.57. The van der Waals surface area contributed by atoms with Gasteiger partial charge in [-0.15, -0.1) is 11.8 Å². The standard InChI is InChI=1S/C14H11N5S/c1-20-14-10(7-15)12(16)19-13(18-14)11(8-17-19)9-5-3-2-4-6-9/h2-6,8H,16H2,1H3. The van der Waals surface area contributed by atoms with E-state index in [9.17, 15) is 5.26 Å². The zero-order chi connectivity index (χ0) is 14.1. The van der Waals surface area contributed by atoms with Gasteiger partial charge in [0.25, 0.3) is 0 Å². The Kier molecular flexibility index (Phi) is 3.05. The van der Waals surface area contributed by atoms with Gasteiger partial charge < -0.3 is 5.73 Å². The zero-order valence-corrected chi connectivity index (χ0v) is 11.6. The van der Waals surface area contributed by atoms with Gasteiger partial charge in [0.05, 0.1) is 6.20 Å². The van der Waals surface area contributed by atoms with E-state index < -0.39 is 0 Å². The highest BCUT2D eigenvalue weighted by Gasteiger charge is 2.16. The van der Waals surface area contributed by atoms with E-state index in [1.54, 1.807) is 6.20 Å². The van der Waals surface area contributed by atoms with Crippen LogP contribution in [0.2, 0.25) is 0 Å². The van der Waals surface area contributed by atoms with Crippen molar-refractivity contribution < 1.29 is 0 Å². The molecule has 0 aliphatic rings. The summed E-state index contributed by atoms with van der Waals surface area (Å²) in [5.74, 6) is 0.323. The Hall–Kier alpha value is -2.52. The van der Waals surface area contributed by atoms with Crippen molar-refractivity contribution in [3.05, 3.63) is 42.1 Å². The molecule has 2 aromatic heterocycles. The fourth-order valence-electron chi connectivity index (χ4n) is 2.07. The fourth-order valence-corrected chi connectivity index (χ4v) is 2.60. The van der Waals surface area contributed by atoms with E-state index in [0.717, 1.165) is 11.1 Å². The highest BCUT2D eigenvalue weighted by molar-refractivity contribution is 7.98. The van der Waals surface area contributed by atoms with Gasteiger partial charge in [0.15, 0.2) is 5.65 Å². The Morgan fingerprint density at radius 3 is 2.70 bits per heavy atom. The van der Waals surface area contributed by atoms with Crippen LogP contribution in [0.5, 0.6) is 0 Å². The molecule has 20 heavy (non-hydrogen) atoms. The number of hydrogen-bond donors (Lipinski definition) is 1. The maximum absolute atomic E-state index is 9.19. The molecule has 0 aliphatic carbocycles. The molecular formula is C14H11N5S. The molecule has 0 radical (unpaired) electrons. The molecule has 0 aliphatic heterocycles. The minimum atomic E-state index is 0.323. The second kappa shape index (κ2) is 4.87. The van der Waals surface area contributed by atoms with Crippen LogP contribution < -0.4 is 5.73 Å². The van der Waals surface area contributed by atoms with E-state index in [2.05, 4.69) is 16.2 Å². The number of anilines is 1. The van der Waals surface area contributed by atoms with Crippen LogP contribution in [0.3, 0.4) is 0 Å². The summed E-state index contributed by atoms with van der Waals surface area (Å²) in [5.41, 5.74) is 8.97. The quantitative estimate of drug-likeness (QED) is 0.577. The van der Waals surface area contributed by atoms with Crippen LogP contribution in [0.1, 0.15) is 5.56 Å². The molecule has 3 aromatic rings. The molecule has 0 atom stereocenters. The Morgan fingerprint density at radius 2 is 2.05 bits per heavy atom. The lowest BCUT2D eigenvalue weighted by atomic mass is 10.1. The highest BCUT2D eigenvalue weighted by Crippen LogP contribution is 2.29. The molecule has 0 amide bonds. The summed E-state index contributed by atoms with van der Waals surface area (Å²) in [6, 6.07) is 11.9. The van der Waals surface area contributed by atoms with Gasteiger partial charge in [-0.1, -0.05) is 30.3 Å². The summed E-state index contributed by atoms with van der Waals surface area (Å²) in [6.45, 7) is 0. The average Bonchev–Trinajstić information content (AvgIpc) is 2.92. The van der Waals surface area contributed by atoms with Crippen molar-refractivity contribution in [3.63, 3.8) is 0 Å². The predicted molar refractivity (Wildman–Crippen MR) is 79.3 cm³/mol. The summed E-state index contributed by atoms with van der Waals surface area (Å²) in [4.78, 5) is 4.52. The van der Waals surface area contributed by atoms with Crippen LogP contribution in [0.4, 0.5) is 5.82 Å². The molecular weight excluding hydrogens is 270 g/mol. The molecule has 98 valence electrons. The normalized spacial score (nSPS) is 10.6. The van der Waals surface area contributed by atoms with Gasteiger partial charge >= 0.3 is 0 Å². The lowest BCUT2D eigenvalue weighted by Crippen LogP contribution is -2.05. The number of rotatable bonds is 2. The third kappa shape index (κ3) is 1.80. The Labute approximate surface area is 120 Å². The van der Waals surface area contributed by atoms with Crippen LogP contribution in [-0.4, -0.2) is 20.9 Å². The second-order valence-corrected chi connectivity index (χ2v) is 4.95. The summed E-state index contributed by atoms with van der Waals surface area (Å²) in [7, 11) is 0. The number of aromatic nitrogens is 3. The molecule has 1 aromatic carbocycles. The average molecular weight is 281 g/mol. The van der Waals surface area contributed by atoms with Crippen molar-refractivity contribution in [1.29, 1.82) is 5.26 Å². The van der Waals surface area contributed by atoms with Gasteiger partial charge in [0, 0.05) is 5.56 Å². The maximum atomic E-state index is 9.19. The Bertz CT molecular complexity index is 817. The lowest BCUT2D eigenvalue weighted by molar-refractivity contribution is 0.921. The van der Waals surface area contributed by atoms with Crippen molar-refractivity contribution in [2.75, 3.05) is 12.0 Å². The van der Waals surface area contributed by atoms with Crippen LogP contribution in [-0.2, 0) is 0 Å². The monoisotopic (exact) mass is 281 g/mol. The molecule has 0 saturated carbocycles. The first kappa shape index (κ1) is 12.5. The van der Waals surface area contributed by atoms with Crippen molar-refractivity contribution in [3.8, 4) is 17.2 Å². The van der Waals surface area contributed by atoms with E-state index >= 15 is 0 Å². The van der Waals surface area contributed by atoms with Gasteiger partial charge in [0.1, 0.15) is 22.5 Å². The summed E-state index contributed by atoms with van der Waals surface area (Å²) in [6.07, 6.45) is 3.59. The first-order chi connectivity index (χ1) is 9.76. The molecule has 0 unspecified atom stereocenters. The van der Waals surface area contributed by atoms with E-state index in [4.69, 9.17) is 5.73 Å². The summed E-state index contributed by atoms with van der Waals surface area (Å²) >= 11 is 1.40. The van der Waals surface area contributed by atoms with E-state index in [0.29, 0.717) is 22.1 Å². The number of nitrogens with zero attached hydrogens (tertiary/aromatic N) is 4. The highest BCUT2D eigenvalue weighted by atomic mass is 32.2. The van der Waals surface area contributed by atoms with Crippen LogP contribution in [0.25, 0.3) is 16.8 Å². The number of nitriles is 1. The van der Waals surface area contributed by atoms with Crippen molar-refractivity contribution in [2.24, 2.45) is 0 Å². The van der Waals surface area contributed by atoms with E-state index in [-0.39, 0.29) is 0 Å². The molecule has 3 rings (SSSR count). The number of nitrogens with two attached hydrogens (primary N) is 1. The van der Waals surface area contributed by atoms with Gasteiger partial charge in [-0.25, -0.2) is 4.98 Å². The fraction of sp³-hybridized carbons (Fsp3) is 0.0714. The molecule has 6 heteroatoms. The molecule has 0 saturated heterocycles. The lowest BCUT2D eigenvalue weighted by Gasteiger charge is -2.06. The topological polar surface area (TPSA) is 80.0 Å². The Morgan fingerprint density at radius 1 is 1.30 bits per heavy atom. The first-order valence-corrected chi connectivity index (χ1v) is 7.15. The smallest absolute Gasteiger partial charge is 0.166 e. The third-order valence-electron chi connectivity index (χ3n) is 3.04. The number of benzene rings is 1. The van der Waals surface area contributed by atoms with Gasteiger partial charge in [0.2, 0.25) is 0 Å². The van der Waals surface area contributed by atoms with Crippen molar-refractivity contribution in [1.82, 2.24) is 14.6 Å². The minimum Gasteiger partial charge on any atom is -0.382 e. The first-order valence-electron chi connectivity index (χ1n) is 5.93.